The number of aliphatic hydroxyl groups excluding tert-OH is 1. The van der Waals surface area contributed by atoms with Gasteiger partial charge in [0.15, 0.2) is 5.60 Å². The average Bonchev–Trinajstić information content (AvgIpc) is 2.47. The molecular formula is C15H20O4. The predicted octanol–water partition coefficient (Wildman–Crippen LogP) is 2.05. The lowest BCUT2D eigenvalue weighted by atomic mass is 9.83. The van der Waals surface area contributed by atoms with Crippen molar-refractivity contribution in [2.24, 2.45) is 0 Å². The molecule has 0 aliphatic heterocycles. The third kappa shape index (κ3) is 3.33. The third-order valence-electron chi connectivity index (χ3n) is 3.74. The summed E-state index contributed by atoms with van der Waals surface area (Å²) >= 11 is 0. The lowest BCUT2D eigenvalue weighted by Crippen LogP contribution is -2.46. The van der Waals surface area contributed by atoms with Crippen LogP contribution >= 0.6 is 0 Å². The molecule has 0 amide bonds. The normalized spacial score (nSPS) is 26.9. The number of carbonyl (C=O) groups is 1. The lowest BCUT2D eigenvalue weighted by Gasteiger charge is -2.35. The van der Waals surface area contributed by atoms with Gasteiger partial charge in [-0.25, -0.2) is 4.79 Å². The highest BCUT2D eigenvalue weighted by Crippen LogP contribution is 2.32. The highest BCUT2D eigenvalue weighted by Gasteiger charge is 2.43. The van der Waals surface area contributed by atoms with Crippen molar-refractivity contribution in [3.63, 3.8) is 0 Å². The number of aliphatic hydroxyl groups is 1. The first kappa shape index (κ1) is 14.0. The number of rotatable bonds is 4. The van der Waals surface area contributed by atoms with E-state index in [1.165, 1.54) is 7.11 Å². The Hall–Kier alpha value is -1.39. The number of hydrogen-bond acceptors (Lipinski definition) is 4. The Kier molecular flexibility index (Phi) is 4.56. The monoisotopic (exact) mass is 264 g/mol. The van der Waals surface area contributed by atoms with Crippen LogP contribution in [0.2, 0.25) is 0 Å². The number of benzene rings is 1. The molecule has 2 rings (SSSR count). The van der Waals surface area contributed by atoms with Gasteiger partial charge < -0.3 is 14.6 Å². The Morgan fingerprint density at radius 2 is 1.95 bits per heavy atom. The summed E-state index contributed by atoms with van der Waals surface area (Å²) in [5.41, 5.74) is 0.0755. The maximum absolute atomic E-state index is 12.2. The summed E-state index contributed by atoms with van der Waals surface area (Å²) in [7, 11) is 1.53. The molecule has 4 heteroatoms. The molecule has 19 heavy (non-hydrogen) atoms. The van der Waals surface area contributed by atoms with E-state index in [1.54, 1.807) is 0 Å². The summed E-state index contributed by atoms with van der Waals surface area (Å²) < 4.78 is 10.7. The average molecular weight is 264 g/mol. The van der Waals surface area contributed by atoms with E-state index in [0.717, 1.165) is 5.56 Å². The minimum atomic E-state index is -0.881. The second kappa shape index (κ2) is 6.17. The summed E-state index contributed by atoms with van der Waals surface area (Å²) in [6.45, 7) is 0.257. The quantitative estimate of drug-likeness (QED) is 0.846. The SMILES string of the molecule is COC1(C(=O)OCc2ccccc2)CCC(O)CC1. The topological polar surface area (TPSA) is 55.8 Å². The molecule has 1 aromatic rings. The molecule has 1 aromatic carbocycles. The van der Waals surface area contributed by atoms with Gasteiger partial charge in [0.1, 0.15) is 6.61 Å². The summed E-state index contributed by atoms with van der Waals surface area (Å²) in [5.74, 6) is -0.328. The van der Waals surface area contributed by atoms with Gasteiger partial charge >= 0.3 is 5.97 Å². The van der Waals surface area contributed by atoms with Crippen molar-refractivity contribution in [3.8, 4) is 0 Å². The van der Waals surface area contributed by atoms with Crippen LogP contribution in [0, 0.1) is 0 Å². The van der Waals surface area contributed by atoms with Gasteiger partial charge in [-0.2, -0.15) is 0 Å². The lowest BCUT2D eigenvalue weighted by molar-refractivity contribution is -0.177. The van der Waals surface area contributed by atoms with Crippen LogP contribution < -0.4 is 0 Å². The van der Waals surface area contributed by atoms with Gasteiger partial charge in [0.05, 0.1) is 6.10 Å². The molecule has 4 nitrogen and oxygen atoms in total. The summed E-state index contributed by atoms with van der Waals surface area (Å²) in [5, 5.41) is 9.52. The van der Waals surface area contributed by atoms with Crippen LogP contribution in [0.25, 0.3) is 0 Å². The first-order valence-electron chi connectivity index (χ1n) is 6.61. The third-order valence-corrected chi connectivity index (χ3v) is 3.74. The number of ether oxygens (including phenoxy) is 2. The minimum Gasteiger partial charge on any atom is -0.459 e. The van der Waals surface area contributed by atoms with Gasteiger partial charge in [-0.15, -0.1) is 0 Å². The smallest absolute Gasteiger partial charge is 0.338 e. The fourth-order valence-electron chi connectivity index (χ4n) is 2.42. The largest absolute Gasteiger partial charge is 0.459 e. The second-order valence-corrected chi connectivity index (χ2v) is 4.99. The highest BCUT2D eigenvalue weighted by atomic mass is 16.6. The summed E-state index contributed by atoms with van der Waals surface area (Å²) in [4.78, 5) is 12.2. The number of esters is 1. The molecule has 1 saturated carbocycles. The molecule has 0 aromatic heterocycles. The van der Waals surface area contributed by atoms with E-state index in [0.29, 0.717) is 25.7 Å². The highest BCUT2D eigenvalue weighted by molar-refractivity contribution is 5.79. The Bertz CT molecular complexity index is 407. The van der Waals surface area contributed by atoms with Crippen molar-refractivity contribution in [2.75, 3.05) is 7.11 Å². The molecule has 1 aliphatic carbocycles. The molecule has 0 heterocycles. The van der Waals surface area contributed by atoms with Crippen molar-refractivity contribution in [2.45, 2.75) is 44.0 Å². The van der Waals surface area contributed by atoms with Gasteiger partial charge in [0.25, 0.3) is 0 Å². The van der Waals surface area contributed by atoms with Gasteiger partial charge in [-0.3, -0.25) is 0 Å². The van der Waals surface area contributed by atoms with Crippen LogP contribution in [0.1, 0.15) is 31.2 Å². The van der Waals surface area contributed by atoms with E-state index in [9.17, 15) is 9.90 Å². The van der Waals surface area contributed by atoms with E-state index >= 15 is 0 Å². The predicted molar refractivity (Wildman–Crippen MR) is 70.5 cm³/mol. The Labute approximate surface area is 113 Å². The van der Waals surface area contributed by atoms with Gasteiger partial charge in [0.2, 0.25) is 0 Å². The van der Waals surface area contributed by atoms with Crippen LogP contribution in [0.3, 0.4) is 0 Å². The van der Waals surface area contributed by atoms with Crippen molar-refractivity contribution < 1.29 is 19.4 Å². The fourth-order valence-corrected chi connectivity index (χ4v) is 2.42. The second-order valence-electron chi connectivity index (χ2n) is 4.99. The first-order valence-corrected chi connectivity index (χ1v) is 6.61. The van der Waals surface area contributed by atoms with Crippen LogP contribution in [0.15, 0.2) is 30.3 Å². The molecule has 1 N–H and O–H groups in total. The Morgan fingerprint density at radius 1 is 1.32 bits per heavy atom. The van der Waals surface area contributed by atoms with E-state index in [2.05, 4.69) is 0 Å². The van der Waals surface area contributed by atoms with E-state index in [-0.39, 0.29) is 18.7 Å². The van der Waals surface area contributed by atoms with Crippen molar-refractivity contribution >= 4 is 5.97 Å². The fraction of sp³-hybridized carbons (Fsp3) is 0.533. The Morgan fingerprint density at radius 3 is 2.53 bits per heavy atom. The molecule has 1 fully saturated rings. The maximum atomic E-state index is 12.2. The molecule has 104 valence electrons. The molecule has 0 unspecified atom stereocenters. The molecule has 0 bridgehead atoms. The first-order chi connectivity index (χ1) is 9.16. The van der Waals surface area contributed by atoms with Gasteiger partial charge in [-0.05, 0) is 31.2 Å². The maximum Gasteiger partial charge on any atom is 0.338 e. The summed E-state index contributed by atoms with van der Waals surface area (Å²) in [6, 6.07) is 9.57. The number of methoxy groups -OCH3 is 1. The van der Waals surface area contributed by atoms with Gasteiger partial charge in [-0.1, -0.05) is 30.3 Å². The van der Waals surface area contributed by atoms with E-state index in [4.69, 9.17) is 9.47 Å². The van der Waals surface area contributed by atoms with Crippen molar-refractivity contribution in [1.29, 1.82) is 0 Å². The minimum absolute atomic E-state index is 0.257. The van der Waals surface area contributed by atoms with Crippen molar-refractivity contribution in [1.82, 2.24) is 0 Å². The molecule has 0 spiro atoms. The molecule has 1 aliphatic rings. The number of hydrogen-bond donors (Lipinski definition) is 1. The van der Waals surface area contributed by atoms with E-state index < -0.39 is 5.60 Å². The Balaban J connectivity index is 1.94. The zero-order chi connectivity index (χ0) is 13.7. The van der Waals surface area contributed by atoms with Crippen molar-refractivity contribution in [3.05, 3.63) is 35.9 Å². The van der Waals surface area contributed by atoms with Crippen LogP contribution in [0.5, 0.6) is 0 Å². The molecule has 0 atom stereocenters. The van der Waals surface area contributed by atoms with Crippen LogP contribution in [0.4, 0.5) is 0 Å². The van der Waals surface area contributed by atoms with Crippen LogP contribution in [-0.4, -0.2) is 29.9 Å². The molecular weight excluding hydrogens is 244 g/mol. The molecule has 0 saturated heterocycles. The zero-order valence-electron chi connectivity index (χ0n) is 11.2. The summed E-state index contributed by atoms with van der Waals surface area (Å²) in [6.07, 6.45) is 1.85. The van der Waals surface area contributed by atoms with E-state index in [1.807, 2.05) is 30.3 Å². The van der Waals surface area contributed by atoms with Crippen LogP contribution in [-0.2, 0) is 20.9 Å². The standard InChI is InChI=1S/C15H20O4/c1-18-15(9-7-13(16)8-10-15)14(17)19-11-12-5-3-2-4-6-12/h2-6,13,16H,7-11H2,1H3. The number of carbonyl (C=O) groups excluding carboxylic acids is 1. The van der Waals surface area contributed by atoms with Gasteiger partial charge in [0, 0.05) is 7.11 Å². The molecule has 0 radical (unpaired) electrons. The zero-order valence-corrected chi connectivity index (χ0v) is 11.2.